The van der Waals surface area contributed by atoms with E-state index in [1.165, 1.54) is 12.1 Å². The Labute approximate surface area is 115 Å². The van der Waals surface area contributed by atoms with E-state index in [1.54, 1.807) is 31.2 Å². The van der Waals surface area contributed by atoms with E-state index in [-0.39, 0.29) is 5.56 Å². The maximum Gasteiger partial charge on any atom is 0.134 e. The van der Waals surface area contributed by atoms with E-state index in [2.05, 4.69) is 5.43 Å². The van der Waals surface area contributed by atoms with Crippen LogP contribution in [0.3, 0.4) is 0 Å². The first-order valence-electron chi connectivity index (χ1n) is 5.70. The quantitative estimate of drug-likeness (QED) is 0.668. The minimum Gasteiger partial charge on any atom is -0.271 e. The molecule has 19 heavy (non-hydrogen) atoms. The maximum absolute atomic E-state index is 14.1. The lowest BCUT2D eigenvalue weighted by molar-refractivity contribution is 0.506. The van der Waals surface area contributed by atoms with Crippen LogP contribution in [0.1, 0.15) is 22.7 Å². The molecule has 0 aliphatic carbocycles. The fourth-order valence-electron chi connectivity index (χ4n) is 1.94. The van der Waals surface area contributed by atoms with Gasteiger partial charge in [-0.3, -0.25) is 5.84 Å². The van der Waals surface area contributed by atoms with Crippen LogP contribution in [0.5, 0.6) is 0 Å². The highest BCUT2D eigenvalue weighted by atomic mass is 35.5. The van der Waals surface area contributed by atoms with Crippen molar-refractivity contribution in [3.05, 3.63) is 69.7 Å². The van der Waals surface area contributed by atoms with Crippen molar-refractivity contribution in [2.75, 3.05) is 0 Å². The lowest BCUT2D eigenvalue weighted by atomic mass is 9.96. The summed E-state index contributed by atoms with van der Waals surface area (Å²) in [6.07, 6.45) is 0. The van der Waals surface area contributed by atoms with Gasteiger partial charge < -0.3 is 0 Å². The first kappa shape index (κ1) is 13.9. The van der Waals surface area contributed by atoms with E-state index in [4.69, 9.17) is 17.4 Å². The maximum atomic E-state index is 14.1. The molecule has 2 nitrogen and oxygen atoms in total. The van der Waals surface area contributed by atoms with Crippen molar-refractivity contribution in [1.82, 2.24) is 5.43 Å². The Morgan fingerprint density at radius 2 is 1.74 bits per heavy atom. The predicted octanol–water partition coefficient (Wildman–Crippen LogP) is 3.48. The minimum atomic E-state index is -0.767. The molecule has 0 fully saturated rings. The van der Waals surface area contributed by atoms with E-state index in [9.17, 15) is 8.78 Å². The molecule has 3 N–H and O–H groups in total. The fraction of sp³-hybridized carbons (Fsp3) is 0.143. The lowest BCUT2D eigenvalue weighted by Crippen LogP contribution is -2.30. The molecule has 0 radical (unpaired) electrons. The Morgan fingerprint density at radius 3 is 2.32 bits per heavy atom. The van der Waals surface area contributed by atoms with Crippen LogP contribution in [0.2, 0.25) is 5.02 Å². The molecule has 0 heterocycles. The van der Waals surface area contributed by atoms with E-state index < -0.39 is 17.7 Å². The highest BCUT2D eigenvalue weighted by molar-refractivity contribution is 6.30. The first-order valence-corrected chi connectivity index (χ1v) is 6.08. The van der Waals surface area contributed by atoms with Gasteiger partial charge in [-0.25, -0.2) is 14.2 Å². The molecule has 100 valence electrons. The Morgan fingerprint density at radius 1 is 1.11 bits per heavy atom. The van der Waals surface area contributed by atoms with Crippen molar-refractivity contribution >= 4 is 11.6 Å². The van der Waals surface area contributed by atoms with Gasteiger partial charge in [-0.1, -0.05) is 29.8 Å². The molecule has 0 bridgehead atoms. The fourth-order valence-corrected chi connectivity index (χ4v) is 2.07. The van der Waals surface area contributed by atoms with E-state index in [0.717, 1.165) is 0 Å². The van der Waals surface area contributed by atoms with Gasteiger partial charge in [0.15, 0.2) is 0 Å². The molecule has 0 saturated carbocycles. The van der Waals surface area contributed by atoms with Gasteiger partial charge in [0, 0.05) is 10.6 Å². The number of aryl methyl sites for hydroxylation is 1. The molecule has 0 aromatic heterocycles. The van der Waals surface area contributed by atoms with Crippen molar-refractivity contribution in [3.8, 4) is 0 Å². The zero-order valence-electron chi connectivity index (χ0n) is 10.3. The van der Waals surface area contributed by atoms with Gasteiger partial charge in [0.1, 0.15) is 11.6 Å². The molecule has 0 saturated heterocycles. The van der Waals surface area contributed by atoms with Crippen molar-refractivity contribution < 1.29 is 8.78 Å². The summed E-state index contributed by atoms with van der Waals surface area (Å²) in [4.78, 5) is 0. The highest BCUT2D eigenvalue weighted by Crippen LogP contribution is 2.28. The number of hydrogen-bond acceptors (Lipinski definition) is 2. The van der Waals surface area contributed by atoms with E-state index in [1.807, 2.05) is 0 Å². The molecule has 0 aliphatic heterocycles. The SMILES string of the molecule is Cc1ccc(F)c(C(NN)c2ccc(Cl)cc2)c1F. The van der Waals surface area contributed by atoms with Crippen LogP contribution < -0.4 is 11.3 Å². The third-order valence-electron chi connectivity index (χ3n) is 2.98. The number of rotatable bonds is 3. The molecular weight excluding hydrogens is 270 g/mol. The molecule has 0 aliphatic rings. The molecule has 2 aromatic carbocycles. The summed E-state index contributed by atoms with van der Waals surface area (Å²) < 4.78 is 28.0. The molecule has 1 unspecified atom stereocenters. The van der Waals surface area contributed by atoms with Crippen LogP contribution in [0.4, 0.5) is 8.78 Å². The van der Waals surface area contributed by atoms with Gasteiger partial charge in [-0.05, 0) is 36.2 Å². The normalized spacial score (nSPS) is 12.5. The second kappa shape index (κ2) is 5.65. The second-order valence-electron chi connectivity index (χ2n) is 4.24. The average molecular weight is 283 g/mol. The topological polar surface area (TPSA) is 38.0 Å². The van der Waals surface area contributed by atoms with E-state index in [0.29, 0.717) is 16.1 Å². The Hall–Kier alpha value is -1.49. The summed E-state index contributed by atoms with van der Waals surface area (Å²) in [5.41, 5.74) is 3.35. The van der Waals surface area contributed by atoms with Crippen LogP contribution in [-0.2, 0) is 0 Å². The van der Waals surface area contributed by atoms with Crippen LogP contribution in [0, 0.1) is 18.6 Å². The van der Waals surface area contributed by atoms with Crippen molar-refractivity contribution in [2.24, 2.45) is 5.84 Å². The predicted molar refractivity (Wildman–Crippen MR) is 71.7 cm³/mol. The summed E-state index contributed by atoms with van der Waals surface area (Å²) in [7, 11) is 0. The summed E-state index contributed by atoms with van der Waals surface area (Å²) in [5, 5.41) is 0.546. The standard InChI is InChI=1S/C14H13ClF2N2/c1-8-2-7-11(16)12(13(8)17)14(19-18)9-3-5-10(15)6-4-9/h2-7,14,19H,18H2,1H3. The van der Waals surface area contributed by atoms with Gasteiger partial charge in [0.05, 0.1) is 6.04 Å². The zero-order valence-corrected chi connectivity index (χ0v) is 11.0. The third-order valence-corrected chi connectivity index (χ3v) is 3.23. The van der Waals surface area contributed by atoms with Gasteiger partial charge in [-0.15, -0.1) is 0 Å². The number of nitrogens with one attached hydrogen (secondary N) is 1. The van der Waals surface area contributed by atoms with Gasteiger partial charge >= 0.3 is 0 Å². The molecular formula is C14H13ClF2N2. The highest BCUT2D eigenvalue weighted by Gasteiger charge is 2.22. The Kier molecular flexibility index (Phi) is 4.14. The van der Waals surface area contributed by atoms with Crippen molar-refractivity contribution in [1.29, 1.82) is 0 Å². The van der Waals surface area contributed by atoms with Crippen LogP contribution >= 0.6 is 11.6 Å². The van der Waals surface area contributed by atoms with E-state index >= 15 is 0 Å². The zero-order chi connectivity index (χ0) is 14.0. The second-order valence-corrected chi connectivity index (χ2v) is 4.68. The molecule has 2 aromatic rings. The van der Waals surface area contributed by atoms with Gasteiger partial charge in [0.25, 0.3) is 0 Å². The van der Waals surface area contributed by atoms with Gasteiger partial charge in [-0.2, -0.15) is 0 Å². The summed E-state index contributed by atoms with van der Waals surface area (Å²) >= 11 is 5.79. The molecule has 1 atom stereocenters. The Balaban J connectivity index is 2.54. The summed E-state index contributed by atoms with van der Waals surface area (Å²) in [6.45, 7) is 1.58. The lowest BCUT2D eigenvalue weighted by Gasteiger charge is -2.19. The van der Waals surface area contributed by atoms with Gasteiger partial charge in [0.2, 0.25) is 0 Å². The van der Waals surface area contributed by atoms with Crippen molar-refractivity contribution in [3.63, 3.8) is 0 Å². The average Bonchev–Trinajstić information content (AvgIpc) is 2.40. The number of hydrazine groups is 1. The monoisotopic (exact) mass is 282 g/mol. The van der Waals surface area contributed by atoms with Crippen LogP contribution in [-0.4, -0.2) is 0 Å². The number of halogens is 3. The number of hydrogen-bond donors (Lipinski definition) is 2. The molecule has 0 spiro atoms. The van der Waals surface area contributed by atoms with Crippen molar-refractivity contribution in [2.45, 2.75) is 13.0 Å². The number of benzene rings is 2. The smallest absolute Gasteiger partial charge is 0.134 e. The largest absolute Gasteiger partial charge is 0.271 e. The molecule has 0 amide bonds. The van der Waals surface area contributed by atoms with Crippen LogP contribution in [0.25, 0.3) is 0 Å². The first-order chi connectivity index (χ1) is 9.04. The summed E-state index contributed by atoms with van der Waals surface area (Å²) in [6, 6.07) is 8.50. The third kappa shape index (κ3) is 2.76. The summed E-state index contributed by atoms with van der Waals surface area (Å²) in [5.74, 6) is 4.21. The molecule has 2 rings (SSSR count). The minimum absolute atomic E-state index is 0.0928. The Bertz CT molecular complexity index is 585. The molecule has 5 heteroatoms. The van der Waals surface area contributed by atoms with Crippen LogP contribution in [0.15, 0.2) is 36.4 Å². The number of nitrogens with two attached hydrogens (primary N) is 1.